The highest BCUT2D eigenvalue weighted by Gasteiger charge is 2.22. The van der Waals surface area contributed by atoms with Gasteiger partial charge in [0.2, 0.25) is 0 Å². The number of aromatic nitrogens is 2. The minimum absolute atomic E-state index is 0.0620. The predicted octanol–water partition coefficient (Wildman–Crippen LogP) is 1.67. The van der Waals surface area contributed by atoms with Crippen LogP contribution in [0.1, 0.15) is 57.1 Å². The zero-order valence-electron chi connectivity index (χ0n) is 12.7. The average molecular weight is 266 g/mol. The molecular weight excluding hydrogens is 240 g/mol. The highest BCUT2D eigenvalue weighted by atomic mass is 16.1. The zero-order valence-corrected chi connectivity index (χ0v) is 12.7. The van der Waals surface area contributed by atoms with Crippen molar-refractivity contribution in [3.05, 3.63) is 17.5 Å². The van der Waals surface area contributed by atoms with E-state index in [0.29, 0.717) is 12.1 Å². The Labute approximate surface area is 115 Å². The van der Waals surface area contributed by atoms with Gasteiger partial charge in [-0.1, -0.05) is 6.92 Å². The molecule has 0 radical (unpaired) electrons. The van der Waals surface area contributed by atoms with Gasteiger partial charge in [0, 0.05) is 12.6 Å². The second kappa shape index (κ2) is 6.19. The van der Waals surface area contributed by atoms with Crippen molar-refractivity contribution < 1.29 is 4.79 Å². The van der Waals surface area contributed by atoms with E-state index in [0.717, 1.165) is 18.5 Å². The molecule has 0 aliphatic heterocycles. The monoisotopic (exact) mass is 266 g/mol. The number of carbonyl (C=O) groups excluding carboxylic acids is 1. The van der Waals surface area contributed by atoms with Crippen LogP contribution in [0.15, 0.2) is 6.20 Å². The molecule has 5 nitrogen and oxygen atoms in total. The molecule has 0 saturated heterocycles. The van der Waals surface area contributed by atoms with Gasteiger partial charge in [0.15, 0.2) is 0 Å². The molecule has 1 rings (SSSR count). The fourth-order valence-corrected chi connectivity index (χ4v) is 1.99. The Kier molecular flexibility index (Phi) is 5.11. The Hall–Kier alpha value is -1.36. The fourth-order valence-electron chi connectivity index (χ4n) is 1.99. The molecule has 1 heterocycles. The number of carbonyl (C=O) groups is 1. The molecule has 0 bridgehead atoms. The average Bonchev–Trinajstić information content (AvgIpc) is 2.71. The van der Waals surface area contributed by atoms with E-state index in [9.17, 15) is 4.79 Å². The molecule has 1 aromatic rings. The second-order valence-electron chi connectivity index (χ2n) is 5.96. The maximum absolute atomic E-state index is 12.1. The van der Waals surface area contributed by atoms with Crippen LogP contribution >= 0.6 is 0 Å². The Balaban J connectivity index is 2.84. The van der Waals surface area contributed by atoms with Gasteiger partial charge in [0.25, 0.3) is 5.91 Å². The summed E-state index contributed by atoms with van der Waals surface area (Å²) < 4.78 is 1.92. The SMILES string of the molecule is CCc1c(C(=O)NCCC(C)N)cnn1C(C)(C)C. The van der Waals surface area contributed by atoms with Gasteiger partial charge in [-0.05, 0) is 40.5 Å². The lowest BCUT2D eigenvalue weighted by Crippen LogP contribution is -2.30. The van der Waals surface area contributed by atoms with Crippen LogP contribution in [-0.2, 0) is 12.0 Å². The van der Waals surface area contributed by atoms with E-state index in [1.807, 2.05) is 18.5 Å². The fraction of sp³-hybridized carbons (Fsp3) is 0.714. The minimum Gasteiger partial charge on any atom is -0.352 e. The van der Waals surface area contributed by atoms with E-state index in [2.05, 4.69) is 31.2 Å². The number of hydrogen-bond donors (Lipinski definition) is 2. The highest BCUT2D eigenvalue weighted by Crippen LogP contribution is 2.19. The first-order valence-electron chi connectivity index (χ1n) is 6.88. The third kappa shape index (κ3) is 4.06. The van der Waals surface area contributed by atoms with Crippen molar-refractivity contribution in [2.75, 3.05) is 6.54 Å². The second-order valence-corrected chi connectivity index (χ2v) is 5.96. The summed E-state index contributed by atoms with van der Waals surface area (Å²) in [6.45, 7) is 10.8. The molecule has 0 saturated carbocycles. The standard InChI is InChI=1S/C14H26N4O/c1-6-12-11(9-17-18(12)14(3,4)5)13(19)16-8-7-10(2)15/h9-10H,6-8,15H2,1-5H3,(H,16,19). The Morgan fingerprint density at radius 1 is 1.53 bits per heavy atom. The van der Waals surface area contributed by atoms with Gasteiger partial charge in [-0.3, -0.25) is 9.48 Å². The van der Waals surface area contributed by atoms with Gasteiger partial charge in [-0.2, -0.15) is 5.10 Å². The van der Waals surface area contributed by atoms with Crippen molar-refractivity contribution in [2.45, 2.75) is 59.0 Å². The molecule has 1 aromatic heterocycles. The minimum atomic E-state index is -0.115. The van der Waals surface area contributed by atoms with Crippen LogP contribution in [0.3, 0.4) is 0 Å². The van der Waals surface area contributed by atoms with Crippen LogP contribution in [0, 0.1) is 0 Å². The van der Waals surface area contributed by atoms with Gasteiger partial charge in [0.1, 0.15) is 0 Å². The van der Waals surface area contributed by atoms with Gasteiger partial charge < -0.3 is 11.1 Å². The van der Waals surface area contributed by atoms with Crippen molar-refractivity contribution in [3.63, 3.8) is 0 Å². The zero-order chi connectivity index (χ0) is 14.6. The van der Waals surface area contributed by atoms with Crippen molar-refractivity contribution in [3.8, 4) is 0 Å². The Bertz CT molecular complexity index is 429. The number of nitrogens with two attached hydrogens (primary N) is 1. The normalized spacial score (nSPS) is 13.4. The maximum atomic E-state index is 12.1. The number of hydrogen-bond acceptors (Lipinski definition) is 3. The van der Waals surface area contributed by atoms with Crippen molar-refractivity contribution in [1.82, 2.24) is 15.1 Å². The molecule has 1 atom stereocenters. The first-order valence-corrected chi connectivity index (χ1v) is 6.88. The van der Waals surface area contributed by atoms with Crippen LogP contribution in [0.2, 0.25) is 0 Å². The maximum Gasteiger partial charge on any atom is 0.254 e. The predicted molar refractivity (Wildman–Crippen MR) is 77.2 cm³/mol. The van der Waals surface area contributed by atoms with Crippen LogP contribution < -0.4 is 11.1 Å². The van der Waals surface area contributed by atoms with Crippen LogP contribution in [0.5, 0.6) is 0 Å². The molecule has 1 amide bonds. The van der Waals surface area contributed by atoms with Crippen molar-refractivity contribution >= 4 is 5.91 Å². The quantitative estimate of drug-likeness (QED) is 0.851. The summed E-state index contributed by atoms with van der Waals surface area (Å²) in [5.74, 6) is -0.0620. The highest BCUT2D eigenvalue weighted by molar-refractivity contribution is 5.95. The van der Waals surface area contributed by atoms with Crippen LogP contribution in [0.25, 0.3) is 0 Å². The molecule has 0 aromatic carbocycles. The Morgan fingerprint density at radius 2 is 2.16 bits per heavy atom. The topological polar surface area (TPSA) is 72.9 Å². The van der Waals surface area contributed by atoms with Gasteiger partial charge in [-0.15, -0.1) is 0 Å². The molecule has 5 heteroatoms. The van der Waals surface area contributed by atoms with Crippen molar-refractivity contribution in [2.24, 2.45) is 5.73 Å². The van der Waals surface area contributed by atoms with E-state index < -0.39 is 0 Å². The summed E-state index contributed by atoms with van der Waals surface area (Å²) in [5, 5.41) is 7.25. The van der Waals surface area contributed by atoms with Crippen molar-refractivity contribution in [1.29, 1.82) is 0 Å². The summed E-state index contributed by atoms with van der Waals surface area (Å²) in [4.78, 5) is 12.1. The lowest BCUT2D eigenvalue weighted by molar-refractivity contribution is 0.0951. The number of nitrogens with one attached hydrogen (secondary N) is 1. The largest absolute Gasteiger partial charge is 0.352 e. The van der Waals surface area contributed by atoms with Gasteiger partial charge in [-0.25, -0.2) is 0 Å². The summed E-state index contributed by atoms with van der Waals surface area (Å²) in [7, 11) is 0. The lowest BCUT2D eigenvalue weighted by Gasteiger charge is -2.22. The van der Waals surface area contributed by atoms with Gasteiger partial charge >= 0.3 is 0 Å². The molecular formula is C14H26N4O. The molecule has 0 spiro atoms. The van der Waals surface area contributed by atoms with E-state index in [4.69, 9.17) is 5.73 Å². The molecule has 0 aliphatic rings. The van der Waals surface area contributed by atoms with E-state index >= 15 is 0 Å². The van der Waals surface area contributed by atoms with E-state index in [-0.39, 0.29) is 17.5 Å². The van der Waals surface area contributed by atoms with E-state index in [1.165, 1.54) is 0 Å². The molecule has 19 heavy (non-hydrogen) atoms. The smallest absolute Gasteiger partial charge is 0.254 e. The molecule has 1 unspecified atom stereocenters. The molecule has 108 valence electrons. The van der Waals surface area contributed by atoms with Crippen LogP contribution in [-0.4, -0.2) is 28.3 Å². The summed E-state index contributed by atoms with van der Waals surface area (Å²) >= 11 is 0. The first-order chi connectivity index (χ1) is 8.77. The summed E-state index contributed by atoms with van der Waals surface area (Å²) in [6, 6.07) is 0.100. The Morgan fingerprint density at radius 3 is 2.63 bits per heavy atom. The number of nitrogens with zero attached hydrogens (tertiary/aromatic N) is 2. The molecule has 0 fully saturated rings. The lowest BCUT2D eigenvalue weighted by atomic mass is 10.1. The summed E-state index contributed by atoms with van der Waals surface area (Å²) in [5.41, 5.74) is 7.20. The molecule has 3 N–H and O–H groups in total. The number of rotatable bonds is 5. The third-order valence-corrected chi connectivity index (χ3v) is 2.97. The summed E-state index contributed by atoms with van der Waals surface area (Å²) in [6.07, 6.45) is 3.22. The number of amides is 1. The molecule has 0 aliphatic carbocycles. The third-order valence-electron chi connectivity index (χ3n) is 2.97. The first kappa shape index (κ1) is 15.7. The van der Waals surface area contributed by atoms with Crippen LogP contribution in [0.4, 0.5) is 0 Å². The van der Waals surface area contributed by atoms with E-state index in [1.54, 1.807) is 6.20 Å². The van der Waals surface area contributed by atoms with Gasteiger partial charge in [0.05, 0.1) is 23.0 Å².